The fourth-order valence-corrected chi connectivity index (χ4v) is 2.10. The molecular weight excluding hydrogens is 114 g/mol. The highest BCUT2D eigenvalue weighted by Crippen LogP contribution is 2.38. The van der Waals surface area contributed by atoms with Crippen molar-refractivity contribution in [1.29, 1.82) is 0 Å². The van der Waals surface area contributed by atoms with Crippen molar-refractivity contribution in [2.24, 2.45) is 0 Å². The van der Waals surface area contributed by atoms with Crippen molar-refractivity contribution < 1.29 is 5.11 Å². The van der Waals surface area contributed by atoms with Gasteiger partial charge in [0.15, 0.2) is 0 Å². The fourth-order valence-electron chi connectivity index (χ4n) is 2.10. The number of hydrogen-bond acceptors (Lipinski definition) is 2. The molecule has 0 aromatic heterocycles. The van der Waals surface area contributed by atoms with E-state index in [-0.39, 0.29) is 6.23 Å². The van der Waals surface area contributed by atoms with E-state index in [4.69, 9.17) is 5.11 Å². The lowest BCUT2D eigenvalue weighted by molar-refractivity contribution is -0.0204. The average molecular weight is 127 g/mol. The van der Waals surface area contributed by atoms with Crippen LogP contribution in [0.2, 0.25) is 0 Å². The van der Waals surface area contributed by atoms with Crippen LogP contribution in [0.5, 0.6) is 0 Å². The summed E-state index contributed by atoms with van der Waals surface area (Å²) < 4.78 is 0. The zero-order valence-corrected chi connectivity index (χ0v) is 5.56. The lowest BCUT2D eigenvalue weighted by Gasteiger charge is -2.44. The maximum atomic E-state index is 8.96. The van der Waals surface area contributed by atoms with Gasteiger partial charge in [-0.25, -0.2) is 0 Å². The first-order valence-electron chi connectivity index (χ1n) is 3.77. The molecule has 2 aliphatic rings. The highest BCUT2D eigenvalue weighted by atomic mass is 16.3. The second-order valence-corrected chi connectivity index (χ2v) is 3.35. The molecule has 9 heavy (non-hydrogen) atoms. The number of aliphatic hydroxyl groups excluding tert-OH is 1. The Morgan fingerprint density at radius 2 is 1.89 bits per heavy atom. The SMILES string of the molecule is OC1CC2(CCCC2)N1. The number of rotatable bonds is 0. The molecule has 1 spiro atoms. The van der Waals surface area contributed by atoms with E-state index in [0.29, 0.717) is 5.54 Å². The predicted octanol–water partition coefficient (Wildman–Crippen LogP) is 0.611. The van der Waals surface area contributed by atoms with Crippen LogP contribution >= 0.6 is 0 Å². The Morgan fingerprint density at radius 1 is 1.33 bits per heavy atom. The largest absolute Gasteiger partial charge is 0.379 e. The van der Waals surface area contributed by atoms with Crippen molar-refractivity contribution in [3.05, 3.63) is 0 Å². The molecule has 2 rings (SSSR count). The molecule has 1 atom stereocenters. The van der Waals surface area contributed by atoms with Crippen molar-refractivity contribution in [3.63, 3.8) is 0 Å². The normalized spacial score (nSPS) is 39.0. The summed E-state index contributed by atoms with van der Waals surface area (Å²) in [5, 5.41) is 12.1. The monoisotopic (exact) mass is 127 g/mol. The molecule has 0 aromatic rings. The van der Waals surface area contributed by atoms with Crippen molar-refractivity contribution in [2.45, 2.75) is 43.9 Å². The van der Waals surface area contributed by atoms with E-state index in [0.717, 1.165) is 6.42 Å². The molecule has 2 fully saturated rings. The Labute approximate surface area is 55.3 Å². The Hall–Kier alpha value is -0.0800. The van der Waals surface area contributed by atoms with Crippen molar-refractivity contribution in [1.82, 2.24) is 5.32 Å². The van der Waals surface area contributed by atoms with E-state index in [1.165, 1.54) is 25.7 Å². The van der Waals surface area contributed by atoms with Crippen LogP contribution in [0.3, 0.4) is 0 Å². The van der Waals surface area contributed by atoms with Gasteiger partial charge in [-0.1, -0.05) is 12.8 Å². The van der Waals surface area contributed by atoms with Gasteiger partial charge in [0.25, 0.3) is 0 Å². The molecule has 1 unspecified atom stereocenters. The Kier molecular flexibility index (Phi) is 1.08. The average Bonchev–Trinajstić information content (AvgIpc) is 2.12. The third-order valence-corrected chi connectivity index (χ3v) is 2.62. The second kappa shape index (κ2) is 1.70. The first-order chi connectivity index (χ1) is 4.31. The van der Waals surface area contributed by atoms with Gasteiger partial charge in [-0.2, -0.15) is 0 Å². The van der Waals surface area contributed by atoms with Crippen LogP contribution in [0.25, 0.3) is 0 Å². The van der Waals surface area contributed by atoms with Gasteiger partial charge in [0.05, 0.1) is 0 Å². The lowest BCUT2D eigenvalue weighted by atomic mass is 9.85. The van der Waals surface area contributed by atoms with Gasteiger partial charge < -0.3 is 5.11 Å². The van der Waals surface area contributed by atoms with Crippen LogP contribution in [0, 0.1) is 0 Å². The highest BCUT2D eigenvalue weighted by Gasteiger charge is 2.44. The van der Waals surface area contributed by atoms with E-state index in [9.17, 15) is 0 Å². The Bertz CT molecular complexity index is 110. The van der Waals surface area contributed by atoms with Crippen LogP contribution in [0.15, 0.2) is 0 Å². The molecule has 1 heterocycles. The third kappa shape index (κ3) is 0.775. The standard InChI is InChI=1S/C7H13NO/c9-6-5-7(8-6)3-1-2-4-7/h6,8-9H,1-5H2. The minimum atomic E-state index is -0.192. The Morgan fingerprint density at radius 3 is 2.33 bits per heavy atom. The molecule has 1 aliphatic heterocycles. The molecule has 1 saturated carbocycles. The summed E-state index contributed by atoms with van der Waals surface area (Å²) in [5.74, 6) is 0. The summed E-state index contributed by atoms with van der Waals surface area (Å²) in [6.07, 6.45) is 6.06. The first kappa shape index (κ1) is 5.69. The maximum Gasteiger partial charge on any atom is 0.107 e. The number of aliphatic hydroxyl groups is 1. The van der Waals surface area contributed by atoms with E-state index in [2.05, 4.69) is 5.32 Å². The zero-order chi connectivity index (χ0) is 6.32. The molecule has 0 amide bonds. The molecular formula is C7H13NO. The van der Waals surface area contributed by atoms with Gasteiger partial charge >= 0.3 is 0 Å². The van der Waals surface area contributed by atoms with Gasteiger partial charge in [-0.05, 0) is 12.8 Å². The quantitative estimate of drug-likeness (QED) is 0.499. The van der Waals surface area contributed by atoms with E-state index < -0.39 is 0 Å². The van der Waals surface area contributed by atoms with Gasteiger partial charge in [0, 0.05) is 12.0 Å². The lowest BCUT2D eigenvalue weighted by Crippen LogP contribution is -2.61. The van der Waals surface area contributed by atoms with Gasteiger partial charge in [0.1, 0.15) is 6.23 Å². The van der Waals surface area contributed by atoms with Crippen LogP contribution in [0.4, 0.5) is 0 Å². The van der Waals surface area contributed by atoms with Crippen molar-refractivity contribution in [3.8, 4) is 0 Å². The summed E-state index contributed by atoms with van der Waals surface area (Å²) in [4.78, 5) is 0. The third-order valence-electron chi connectivity index (χ3n) is 2.62. The maximum absolute atomic E-state index is 8.96. The molecule has 52 valence electrons. The van der Waals surface area contributed by atoms with Crippen LogP contribution in [-0.4, -0.2) is 16.9 Å². The summed E-state index contributed by atoms with van der Waals surface area (Å²) in [6, 6.07) is 0. The molecule has 0 radical (unpaired) electrons. The molecule has 1 saturated heterocycles. The summed E-state index contributed by atoms with van der Waals surface area (Å²) >= 11 is 0. The smallest absolute Gasteiger partial charge is 0.107 e. The second-order valence-electron chi connectivity index (χ2n) is 3.35. The van der Waals surface area contributed by atoms with Crippen molar-refractivity contribution in [2.75, 3.05) is 0 Å². The minimum absolute atomic E-state index is 0.192. The fraction of sp³-hybridized carbons (Fsp3) is 1.00. The van der Waals surface area contributed by atoms with E-state index >= 15 is 0 Å². The van der Waals surface area contributed by atoms with E-state index in [1.807, 2.05) is 0 Å². The Balaban J connectivity index is 1.95. The highest BCUT2D eigenvalue weighted by molar-refractivity contribution is 5.01. The summed E-state index contributed by atoms with van der Waals surface area (Å²) in [7, 11) is 0. The molecule has 0 bridgehead atoms. The molecule has 2 N–H and O–H groups in total. The molecule has 2 heteroatoms. The van der Waals surface area contributed by atoms with Crippen LogP contribution < -0.4 is 5.32 Å². The minimum Gasteiger partial charge on any atom is -0.379 e. The van der Waals surface area contributed by atoms with Gasteiger partial charge in [-0.15, -0.1) is 0 Å². The van der Waals surface area contributed by atoms with Gasteiger partial charge in [-0.3, -0.25) is 5.32 Å². The number of hydrogen-bond donors (Lipinski definition) is 2. The van der Waals surface area contributed by atoms with Crippen LogP contribution in [0.1, 0.15) is 32.1 Å². The molecule has 0 aromatic carbocycles. The number of nitrogens with one attached hydrogen (secondary N) is 1. The molecule has 2 nitrogen and oxygen atoms in total. The summed E-state index contributed by atoms with van der Waals surface area (Å²) in [6.45, 7) is 0. The first-order valence-corrected chi connectivity index (χ1v) is 3.77. The molecule has 1 aliphatic carbocycles. The van der Waals surface area contributed by atoms with E-state index in [1.54, 1.807) is 0 Å². The van der Waals surface area contributed by atoms with Crippen molar-refractivity contribution >= 4 is 0 Å². The van der Waals surface area contributed by atoms with Gasteiger partial charge in [0.2, 0.25) is 0 Å². The predicted molar refractivity (Wildman–Crippen MR) is 35.0 cm³/mol. The summed E-state index contributed by atoms with van der Waals surface area (Å²) in [5.41, 5.74) is 0.388. The zero-order valence-electron chi connectivity index (χ0n) is 5.56. The topological polar surface area (TPSA) is 32.3 Å². The van der Waals surface area contributed by atoms with Crippen LogP contribution in [-0.2, 0) is 0 Å².